The standard InChI is InChI=1S/C12H16N2O4/c1-8(2)7-10(12(17)18)14-11(16)4-3-9(13-14)5-6-15/h3-4,6,8,10H,5,7H2,1-2H3,(H,17,18)/t10-/m0/s1. The van der Waals surface area contributed by atoms with Crippen molar-refractivity contribution in [3.63, 3.8) is 0 Å². The highest BCUT2D eigenvalue weighted by molar-refractivity contribution is 5.71. The van der Waals surface area contributed by atoms with Gasteiger partial charge in [0.1, 0.15) is 6.29 Å². The van der Waals surface area contributed by atoms with Crippen LogP contribution in [0.15, 0.2) is 16.9 Å². The molecular weight excluding hydrogens is 236 g/mol. The summed E-state index contributed by atoms with van der Waals surface area (Å²) in [6.07, 6.45) is 1.04. The van der Waals surface area contributed by atoms with Gasteiger partial charge in [0.15, 0.2) is 6.04 Å². The van der Waals surface area contributed by atoms with Crippen LogP contribution in [0.25, 0.3) is 0 Å². The molecule has 6 heteroatoms. The fourth-order valence-corrected chi connectivity index (χ4v) is 1.63. The number of nitrogens with zero attached hydrogens (tertiary/aromatic N) is 2. The number of aromatic nitrogens is 2. The van der Waals surface area contributed by atoms with Crippen LogP contribution in [0.5, 0.6) is 0 Å². The molecule has 0 amide bonds. The van der Waals surface area contributed by atoms with Gasteiger partial charge in [-0.3, -0.25) is 4.79 Å². The summed E-state index contributed by atoms with van der Waals surface area (Å²) >= 11 is 0. The number of carbonyl (C=O) groups excluding carboxylic acids is 1. The third-order valence-electron chi connectivity index (χ3n) is 2.45. The Kier molecular flexibility index (Phi) is 4.76. The number of aldehydes is 1. The predicted molar refractivity (Wildman–Crippen MR) is 64.4 cm³/mol. The molecule has 0 radical (unpaired) electrons. The van der Waals surface area contributed by atoms with Crippen LogP contribution in [0.4, 0.5) is 0 Å². The van der Waals surface area contributed by atoms with E-state index in [-0.39, 0.29) is 12.3 Å². The van der Waals surface area contributed by atoms with Crippen molar-refractivity contribution in [3.8, 4) is 0 Å². The van der Waals surface area contributed by atoms with Gasteiger partial charge >= 0.3 is 5.97 Å². The van der Waals surface area contributed by atoms with Gasteiger partial charge in [0.2, 0.25) is 0 Å². The summed E-state index contributed by atoms with van der Waals surface area (Å²) in [6.45, 7) is 3.74. The van der Waals surface area contributed by atoms with Crippen molar-refractivity contribution in [2.75, 3.05) is 0 Å². The van der Waals surface area contributed by atoms with Crippen LogP contribution in [-0.2, 0) is 16.0 Å². The van der Waals surface area contributed by atoms with Gasteiger partial charge in [0, 0.05) is 12.5 Å². The van der Waals surface area contributed by atoms with E-state index < -0.39 is 17.6 Å². The molecule has 1 heterocycles. The van der Waals surface area contributed by atoms with E-state index in [0.29, 0.717) is 18.4 Å². The Hall–Kier alpha value is -1.98. The third-order valence-corrected chi connectivity index (χ3v) is 2.45. The maximum atomic E-state index is 11.7. The first-order chi connectivity index (χ1) is 8.45. The summed E-state index contributed by atoms with van der Waals surface area (Å²) < 4.78 is 0.946. The zero-order valence-corrected chi connectivity index (χ0v) is 10.4. The second-order valence-corrected chi connectivity index (χ2v) is 4.46. The van der Waals surface area contributed by atoms with Gasteiger partial charge in [0.05, 0.1) is 5.69 Å². The van der Waals surface area contributed by atoms with E-state index in [0.717, 1.165) is 4.68 Å². The van der Waals surface area contributed by atoms with Gasteiger partial charge in [-0.15, -0.1) is 0 Å². The minimum Gasteiger partial charge on any atom is -0.480 e. The van der Waals surface area contributed by atoms with Gasteiger partial charge in [-0.1, -0.05) is 13.8 Å². The average molecular weight is 252 g/mol. The number of aliphatic carboxylic acids is 1. The lowest BCUT2D eigenvalue weighted by molar-refractivity contribution is -0.141. The lowest BCUT2D eigenvalue weighted by atomic mass is 10.0. The molecule has 1 atom stereocenters. The Morgan fingerprint density at radius 1 is 1.50 bits per heavy atom. The molecule has 1 aromatic rings. The highest BCUT2D eigenvalue weighted by atomic mass is 16.4. The molecule has 0 saturated heterocycles. The van der Waals surface area contributed by atoms with Crippen LogP contribution < -0.4 is 5.56 Å². The maximum absolute atomic E-state index is 11.7. The summed E-state index contributed by atoms with van der Waals surface area (Å²) in [6, 6.07) is 1.67. The van der Waals surface area contributed by atoms with Crippen LogP contribution >= 0.6 is 0 Å². The SMILES string of the molecule is CC(C)C[C@@H](C(=O)O)n1nc(CC=O)ccc1=O. The van der Waals surface area contributed by atoms with Crippen molar-refractivity contribution in [1.29, 1.82) is 0 Å². The molecule has 0 bridgehead atoms. The molecule has 98 valence electrons. The smallest absolute Gasteiger partial charge is 0.328 e. The second kappa shape index (κ2) is 6.09. The van der Waals surface area contributed by atoms with Crippen molar-refractivity contribution in [2.24, 2.45) is 5.92 Å². The molecule has 1 aromatic heterocycles. The van der Waals surface area contributed by atoms with Crippen LogP contribution in [0.1, 0.15) is 32.0 Å². The molecule has 0 aliphatic carbocycles. The van der Waals surface area contributed by atoms with E-state index in [2.05, 4.69) is 5.10 Å². The number of hydrogen-bond donors (Lipinski definition) is 1. The molecule has 0 aromatic carbocycles. The quantitative estimate of drug-likeness (QED) is 0.751. The molecule has 0 unspecified atom stereocenters. The number of carboxylic acids is 1. The lowest BCUT2D eigenvalue weighted by Crippen LogP contribution is -2.33. The molecule has 1 N–H and O–H groups in total. The molecular formula is C12H16N2O4. The minimum atomic E-state index is -1.10. The number of carbonyl (C=O) groups is 2. The predicted octanol–water partition coefficient (Wildman–Crippen LogP) is 0.656. The Labute approximate surface area is 104 Å². The Morgan fingerprint density at radius 2 is 2.17 bits per heavy atom. The highest BCUT2D eigenvalue weighted by Crippen LogP contribution is 2.15. The molecule has 0 aliphatic rings. The third kappa shape index (κ3) is 3.51. The maximum Gasteiger partial charge on any atom is 0.328 e. The van der Waals surface area contributed by atoms with Gasteiger partial charge in [-0.2, -0.15) is 5.10 Å². The lowest BCUT2D eigenvalue weighted by Gasteiger charge is -2.16. The number of hydrogen-bond acceptors (Lipinski definition) is 4. The zero-order valence-electron chi connectivity index (χ0n) is 10.4. The minimum absolute atomic E-state index is 0.0638. The van der Waals surface area contributed by atoms with Gasteiger partial charge < -0.3 is 9.90 Å². The van der Waals surface area contributed by atoms with Gasteiger partial charge in [-0.25, -0.2) is 9.48 Å². The normalized spacial score (nSPS) is 12.4. The summed E-state index contributed by atoms with van der Waals surface area (Å²) in [7, 11) is 0. The number of rotatable bonds is 6. The molecule has 0 fully saturated rings. The van der Waals surface area contributed by atoms with Crippen molar-refractivity contribution in [3.05, 3.63) is 28.2 Å². The monoisotopic (exact) mass is 252 g/mol. The first kappa shape index (κ1) is 14.1. The van der Waals surface area contributed by atoms with Crippen molar-refractivity contribution in [1.82, 2.24) is 9.78 Å². The zero-order chi connectivity index (χ0) is 13.7. The summed E-state index contributed by atoms with van der Waals surface area (Å²) in [5.41, 5.74) is -0.0858. The first-order valence-electron chi connectivity index (χ1n) is 5.71. The Balaban J connectivity index is 3.17. The van der Waals surface area contributed by atoms with Crippen LogP contribution in [-0.4, -0.2) is 27.1 Å². The largest absolute Gasteiger partial charge is 0.480 e. The van der Waals surface area contributed by atoms with Gasteiger partial charge in [0.25, 0.3) is 5.56 Å². The fourth-order valence-electron chi connectivity index (χ4n) is 1.63. The van der Waals surface area contributed by atoms with E-state index >= 15 is 0 Å². The van der Waals surface area contributed by atoms with Crippen LogP contribution in [0.3, 0.4) is 0 Å². The van der Waals surface area contributed by atoms with Crippen LogP contribution in [0, 0.1) is 5.92 Å². The van der Waals surface area contributed by atoms with E-state index in [4.69, 9.17) is 5.11 Å². The highest BCUT2D eigenvalue weighted by Gasteiger charge is 2.23. The summed E-state index contributed by atoms with van der Waals surface area (Å²) in [5.74, 6) is -0.976. The summed E-state index contributed by atoms with van der Waals surface area (Å²) in [5, 5.41) is 13.1. The first-order valence-corrected chi connectivity index (χ1v) is 5.71. The molecule has 0 saturated carbocycles. The molecule has 18 heavy (non-hydrogen) atoms. The van der Waals surface area contributed by atoms with E-state index in [1.165, 1.54) is 12.1 Å². The Bertz CT molecular complexity index is 493. The van der Waals surface area contributed by atoms with E-state index in [1.807, 2.05) is 13.8 Å². The Morgan fingerprint density at radius 3 is 2.67 bits per heavy atom. The van der Waals surface area contributed by atoms with Crippen LogP contribution in [0.2, 0.25) is 0 Å². The van der Waals surface area contributed by atoms with Gasteiger partial charge in [-0.05, 0) is 18.4 Å². The average Bonchev–Trinajstić information content (AvgIpc) is 2.28. The van der Waals surface area contributed by atoms with E-state index in [1.54, 1.807) is 0 Å². The molecule has 0 spiro atoms. The number of carboxylic acid groups (broad SMARTS) is 1. The molecule has 1 rings (SSSR count). The van der Waals surface area contributed by atoms with Crippen molar-refractivity contribution < 1.29 is 14.7 Å². The van der Waals surface area contributed by atoms with E-state index in [9.17, 15) is 14.4 Å². The van der Waals surface area contributed by atoms with Crippen molar-refractivity contribution >= 4 is 12.3 Å². The second-order valence-electron chi connectivity index (χ2n) is 4.46. The summed E-state index contributed by atoms with van der Waals surface area (Å²) in [4.78, 5) is 33.2. The van der Waals surface area contributed by atoms with Crippen molar-refractivity contribution in [2.45, 2.75) is 32.7 Å². The topological polar surface area (TPSA) is 89.3 Å². The molecule has 0 aliphatic heterocycles. The fraction of sp³-hybridized carbons (Fsp3) is 0.500. The molecule has 6 nitrogen and oxygen atoms in total.